The van der Waals surface area contributed by atoms with Crippen LogP contribution in [0, 0.1) is 0 Å². The molecule has 364 valence electrons. The predicted molar refractivity (Wildman–Crippen MR) is 270 cm³/mol. The van der Waals surface area contributed by atoms with Gasteiger partial charge in [-0.15, -0.1) is 0 Å². The van der Waals surface area contributed by atoms with Gasteiger partial charge in [0.25, 0.3) is 0 Å². The molecule has 0 heterocycles. The largest absolute Gasteiger partial charge is 0.462 e. The van der Waals surface area contributed by atoms with Crippen molar-refractivity contribution in [2.75, 3.05) is 13.2 Å². The first-order valence-corrected chi connectivity index (χ1v) is 26.8. The zero-order valence-corrected chi connectivity index (χ0v) is 41.6. The Hall–Kier alpha value is -2.89. The van der Waals surface area contributed by atoms with E-state index >= 15 is 0 Å². The van der Waals surface area contributed by atoms with Gasteiger partial charge < -0.3 is 14.2 Å². The molecule has 0 aromatic heterocycles. The number of hydrogen-bond donors (Lipinski definition) is 0. The van der Waals surface area contributed by atoms with E-state index in [0.29, 0.717) is 19.3 Å². The third-order valence-corrected chi connectivity index (χ3v) is 11.5. The van der Waals surface area contributed by atoms with Crippen LogP contribution < -0.4 is 0 Å². The van der Waals surface area contributed by atoms with Crippen LogP contribution in [0.2, 0.25) is 0 Å². The van der Waals surface area contributed by atoms with E-state index in [2.05, 4.69) is 81.5 Å². The number of carbonyl (C=O) groups excluding carboxylic acids is 3. The monoisotopic (exact) mass is 881 g/mol. The smallest absolute Gasteiger partial charge is 0.306 e. The fourth-order valence-electron chi connectivity index (χ4n) is 7.43. The zero-order valence-electron chi connectivity index (χ0n) is 41.6. The highest BCUT2D eigenvalue weighted by Gasteiger charge is 2.19. The zero-order chi connectivity index (χ0) is 45.8. The fraction of sp³-hybridized carbons (Fsp3) is 0.772. The molecule has 0 fully saturated rings. The van der Waals surface area contributed by atoms with Gasteiger partial charge in [-0.25, -0.2) is 0 Å². The molecule has 0 aliphatic heterocycles. The van der Waals surface area contributed by atoms with Crippen molar-refractivity contribution >= 4 is 17.9 Å². The Bertz CT molecular complexity index is 1150. The Morgan fingerprint density at radius 1 is 0.317 bits per heavy atom. The van der Waals surface area contributed by atoms with E-state index in [1.165, 1.54) is 141 Å². The van der Waals surface area contributed by atoms with Gasteiger partial charge in [-0.2, -0.15) is 0 Å². The second kappa shape index (κ2) is 51.7. The first-order chi connectivity index (χ1) is 31.0. The van der Waals surface area contributed by atoms with E-state index in [1.54, 1.807) is 0 Å². The minimum absolute atomic E-state index is 0.0950. The Morgan fingerprint density at radius 3 is 1.02 bits per heavy atom. The van der Waals surface area contributed by atoms with Gasteiger partial charge in [-0.05, 0) is 83.5 Å². The maximum absolute atomic E-state index is 12.8. The first-order valence-electron chi connectivity index (χ1n) is 26.8. The quantitative estimate of drug-likeness (QED) is 0.0262. The number of allylic oxidation sites excluding steroid dienone is 10. The van der Waals surface area contributed by atoms with Crippen LogP contribution in [0.25, 0.3) is 0 Å². The molecule has 0 rings (SSSR count). The number of ether oxygens (including phenoxy) is 3. The van der Waals surface area contributed by atoms with Crippen molar-refractivity contribution < 1.29 is 28.6 Å². The second-order valence-corrected chi connectivity index (χ2v) is 17.8. The van der Waals surface area contributed by atoms with Crippen molar-refractivity contribution in [3.8, 4) is 0 Å². The molecule has 0 amide bonds. The van der Waals surface area contributed by atoms with Gasteiger partial charge >= 0.3 is 17.9 Å². The lowest BCUT2D eigenvalue weighted by atomic mass is 10.0. The van der Waals surface area contributed by atoms with E-state index in [9.17, 15) is 14.4 Å². The maximum atomic E-state index is 12.8. The maximum Gasteiger partial charge on any atom is 0.306 e. The summed E-state index contributed by atoms with van der Waals surface area (Å²) in [6.07, 6.45) is 63.5. The topological polar surface area (TPSA) is 78.9 Å². The van der Waals surface area contributed by atoms with Crippen LogP contribution in [0.5, 0.6) is 0 Å². The summed E-state index contributed by atoms with van der Waals surface area (Å²) in [5.74, 6) is -0.963. The van der Waals surface area contributed by atoms with Crippen LogP contribution in [0.15, 0.2) is 60.8 Å². The summed E-state index contributed by atoms with van der Waals surface area (Å²) in [6, 6.07) is 0. The standard InChI is InChI=1S/C57H100O6/c1-4-7-10-13-16-19-22-25-28-29-30-33-35-38-41-44-47-50-56(59)62-53-54(63-57(60)51-48-45-42-39-36-32-27-24-21-18-15-12-9-6-3)52-61-55(58)49-46-43-40-37-34-31-26-23-20-17-14-11-8-5-2/h16,19,25,28,30,32-33,36,38,41,54H,4-15,17-18,20-24,26-27,29,31,34-35,37,39-40,42-53H2,1-3H3/b19-16-,28-25-,33-30-,36-32-,41-38-. The molecule has 0 N–H and O–H groups in total. The van der Waals surface area contributed by atoms with E-state index in [4.69, 9.17) is 14.2 Å². The van der Waals surface area contributed by atoms with Crippen LogP contribution >= 0.6 is 0 Å². The van der Waals surface area contributed by atoms with Crippen molar-refractivity contribution in [1.29, 1.82) is 0 Å². The summed E-state index contributed by atoms with van der Waals surface area (Å²) in [4.78, 5) is 38.0. The molecular weight excluding hydrogens is 781 g/mol. The SMILES string of the molecule is CCCCC/C=C\C/C=C\C/C=C\C/C=C\CCCC(=O)OCC(COC(=O)CCCCCCCCCCCCCCCC)OC(=O)CCCCC/C=C\CCCCCCCCC. The lowest BCUT2D eigenvalue weighted by molar-refractivity contribution is -0.167. The van der Waals surface area contributed by atoms with Crippen LogP contribution in [-0.2, 0) is 28.6 Å². The van der Waals surface area contributed by atoms with Gasteiger partial charge in [0.1, 0.15) is 13.2 Å². The lowest BCUT2D eigenvalue weighted by Gasteiger charge is -2.18. The average molecular weight is 881 g/mol. The van der Waals surface area contributed by atoms with Crippen molar-refractivity contribution in [2.24, 2.45) is 0 Å². The first kappa shape index (κ1) is 60.1. The lowest BCUT2D eigenvalue weighted by Crippen LogP contribution is -2.30. The van der Waals surface area contributed by atoms with E-state index < -0.39 is 6.10 Å². The van der Waals surface area contributed by atoms with Gasteiger partial charge in [0.05, 0.1) is 0 Å². The second-order valence-electron chi connectivity index (χ2n) is 17.8. The molecule has 63 heavy (non-hydrogen) atoms. The number of unbranched alkanes of at least 4 members (excludes halogenated alkanes) is 27. The third kappa shape index (κ3) is 50.0. The molecule has 0 saturated carbocycles. The van der Waals surface area contributed by atoms with Gasteiger partial charge in [-0.1, -0.05) is 223 Å². The number of hydrogen-bond acceptors (Lipinski definition) is 6. The van der Waals surface area contributed by atoms with Crippen LogP contribution in [0.3, 0.4) is 0 Å². The van der Waals surface area contributed by atoms with Crippen molar-refractivity contribution in [3.05, 3.63) is 60.8 Å². The van der Waals surface area contributed by atoms with Crippen LogP contribution in [0.4, 0.5) is 0 Å². The summed E-state index contributed by atoms with van der Waals surface area (Å²) in [5.41, 5.74) is 0. The number of rotatable bonds is 48. The highest BCUT2D eigenvalue weighted by molar-refractivity contribution is 5.71. The minimum atomic E-state index is -0.801. The van der Waals surface area contributed by atoms with Crippen molar-refractivity contribution in [1.82, 2.24) is 0 Å². The molecule has 0 radical (unpaired) electrons. The molecule has 0 aromatic carbocycles. The fourth-order valence-corrected chi connectivity index (χ4v) is 7.43. The number of esters is 3. The normalized spacial score (nSPS) is 12.5. The Balaban J connectivity index is 4.47. The molecule has 1 unspecified atom stereocenters. The third-order valence-electron chi connectivity index (χ3n) is 11.5. The molecule has 0 aromatic rings. The highest BCUT2D eigenvalue weighted by Crippen LogP contribution is 2.15. The summed E-state index contributed by atoms with van der Waals surface area (Å²) in [7, 11) is 0. The molecule has 0 saturated heterocycles. The van der Waals surface area contributed by atoms with Crippen LogP contribution in [0.1, 0.15) is 265 Å². The van der Waals surface area contributed by atoms with Crippen molar-refractivity contribution in [3.63, 3.8) is 0 Å². The average Bonchev–Trinajstić information content (AvgIpc) is 3.28. The molecular formula is C57H100O6. The highest BCUT2D eigenvalue weighted by atomic mass is 16.6. The molecule has 0 bridgehead atoms. The molecule has 6 nitrogen and oxygen atoms in total. The van der Waals surface area contributed by atoms with Gasteiger partial charge in [0, 0.05) is 19.3 Å². The molecule has 0 aliphatic carbocycles. The van der Waals surface area contributed by atoms with E-state index in [-0.39, 0.29) is 37.5 Å². The summed E-state index contributed by atoms with van der Waals surface area (Å²) in [5, 5.41) is 0. The molecule has 1 atom stereocenters. The molecule has 6 heteroatoms. The van der Waals surface area contributed by atoms with Crippen molar-refractivity contribution in [2.45, 2.75) is 271 Å². The summed E-state index contributed by atoms with van der Waals surface area (Å²) in [6.45, 7) is 6.56. The minimum Gasteiger partial charge on any atom is -0.462 e. The van der Waals surface area contributed by atoms with E-state index in [0.717, 1.165) is 77.0 Å². The summed E-state index contributed by atoms with van der Waals surface area (Å²) >= 11 is 0. The molecule has 0 aliphatic rings. The number of carbonyl (C=O) groups is 3. The Morgan fingerprint density at radius 2 is 0.587 bits per heavy atom. The van der Waals surface area contributed by atoms with Gasteiger partial charge in [0.15, 0.2) is 6.10 Å². The molecule has 0 spiro atoms. The van der Waals surface area contributed by atoms with Gasteiger partial charge in [0.2, 0.25) is 0 Å². The predicted octanol–water partition coefficient (Wildman–Crippen LogP) is 17.6. The summed E-state index contributed by atoms with van der Waals surface area (Å²) < 4.78 is 16.8. The van der Waals surface area contributed by atoms with Gasteiger partial charge in [-0.3, -0.25) is 14.4 Å². The Kier molecular flexibility index (Phi) is 49.4. The van der Waals surface area contributed by atoms with Crippen LogP contribution in [-0.4, -0.2) is 37.2 Å². The van der Waals surface area contributed by atoms with E-state index in [1.807, 2.05) is 0 Å². The Labute approximate surface area is 390 Å².